The van der Waals surface area contributed by atoms with Gasteiger partial charge in [-0.15, -0.1) is 4.21 Å². The van der Waals surface area contributed by atoms with Crippen LogP contribution in [0.2, 0.25) is 0 Å². The second kappa shape index (κ2) is 7.74. The zero-order chi connectivity index (χ0) is 21.3. The van der Waals surface area contributed by atoms with Crippen LogP contribution in [0.4, 0.5) is 23.1 Å². The Morgan fingerprint density at radius 2 is 1.83 bits per heavy atom. The normalized spacial score (nSPS) is 13.0. The predicted octanol–water partition coefficient (Wildman–Crippen LogP) is 4.32. The van der Waals surface area contributed by atoms with Crippen LogP contribution in [0.3, 0.4) is 0 Å². The average Bonchev–Trinajstić information content (AvgIpc) is 2.74. The predicted molar refractivity (Wildman–Crippen MR) is 118 cm³/mol. The largest absolute Gasteiger partial charge is 0.610 e. The van der Waals surface area contributed by atoms with E-state index in [0.29, 0.717) is 22.8 Å². The average molecular weight is 421 g/mol. The van der Waals surface area contributed by atoms with Crippen LogP contribution in [0.1, 0.15) is 0 Å². The van der Waals surface area contributed by atoms with Crippen molar-refractivity contribution in [1.82, 2.24) is 4.98 Å². The van der Waals surface area contributed by atoms with Gasteiger partial charge in [-0.25, -0.2) is 4.98 Å². The molecule has 0 radical (unpaired) electrons. The molecule has 2 heterocycles. The minimum Gasteiger partial charge on any atom is -0.610 e. The Bertz CT molecular complexity index is 1320. The molecule has 7 nitrogen and oxygen atoms in total. The number of pyridine rings is 1. The molecule has 2 aromatic carbocycles. The molecular weight excluding hydrogens is 402 g/mol. The summed E-state index contributed by atoms with van der Waals surface area (Å²) in [6.07, 6.45) is 2.65. The molecule has 152 valence electrons. The zero-order valence-corrected chi connectivity index (χ0v) is 17.2. The number of hydrogen-bond donors (Lipinski definition) is 1. The summed E-state index contributed by atoms with van der Waals surface area (Å²) >= 11 is 0. The molecule has 0 aliphatic carbocycles. The molecular formula is C22H19N3O4S. The van der Waals surface area contributed by atoms with E-state index < -0.39 is 10.2 Å². The van der Waals surface area contributed by atoms with Gasteiger partial charge >= 0.3 is 0 Å². The van der Waals surface area contributed by atoms with E-state index in [1.165, 1.54) is 24.4 Å². The Morgan fingerprint density at radius 1 is 1.07 bits per heavy atom. The van der Waals surface area contributed by atoms with Gasteiger partial charge in [0.1, 0.15) is 6.26 Å². The van der Waals surface area contributed by atoms with Gasteiger partial charge in [-0.05, 0) is 30.3 Å². The van der Waals surface area contributed by atoms with Crippen molar-refractivity contribution in [2.45, 2.75) is 4.90 Å². The van der Waals surface area contributed by atoms with Gasteiger partial charge in [0.25, 0.3) is 0 Å². The van der Waals surface area contributed by atoms with Crippen molar-refractivity contribution in [3.05, 3.63) is 83.2 Å². The molecule has 0 saturated heterocycles. The number of hydrogen-bond acceptors (Lipinski definition) is 7. The van der Waals surface area contributed by atoms with Crippen LogP contribution in [0, 0.1) is 0 Å². The van der Waals surface area contributed by atoms with Crippen molar-refractivity contribution in [1.29, 1.82) is 0 Å². The van der Waals surface area contributed by atoms with Crippen LogP contribution >= 0.6 is 0 Å². The number of para-hydroxylation sites is 1. The van der Waals surface area contributed by atoms with E-state index in [0.717, 1.165) is 11.9 Å². The second-order valence-corrected chi connectivity index (χ2v) is 8.82. The summed E-state index contributed by atoms with van der Waals surface area (Å²) in [6.45, 7) is 0. The van der Waals surface area contributed by atoms with Gasteiger partial charge in [-0.1, -0.05) is 24.3 Å². The summed E-state index contributed by atoms with van der Waals surface area (Å²) < 4.78 is 29.7. The van der Waals surface area contributed by atoms with E-state index in [1.54, 1.807) is 30.1 Å². The molecule has 0 saturated carbocycles. The Morgan fingerprint density at radius 3 is 2.57 bits per heavy atom. The SMILES string of the molecule is CN(c1ccccc1)c1cc(=O)c2ccnc(Nc3cccc([S+](C)(=O)[O-])c3)c2o1. The molecule has 4 aromatic rings. The third-order valence-corrected chi connectivity index (χ3v) is 5.74. The van der Waals surface area contributed by atoms with E-state index >= 15 is 0 Å². The molecule has 8 heteroatoms. The molecule has 0 bridgehead atoms. The minimum atomic E-state index is -3.36. The molecule has 0 aliphatic heterocycles. The van der Waals surface area contributed by atoms with E-state index in [9.17, 15) is 13.6 Å². The van der Waals surface area contributed by atoms with Gasteiger partial charge in [0.05, 0.1) is 15.6 Å². The highest BCUT2D eigenvalue weighted by molar-refractivity contribution is 7.97. The van der Waals surface area contributed by atoms with Gasteiger partial charge in [-0.2, -0.15) is 0 Å². The van der Waals surface area contributed by atoms with E-state index in [2.05, 4.69) is 10.3 Å². The highest BCUT2D eigenvalue weighted by Gasteiger charge is 2.16. The van der Waals surface area contributed by atoms with Crippen LogP contribution in [0.15, 0.2) is 87.0 Å². The maximum Gasteiger partial charge on any atom is 0.204 e. The van der Waals surface area contributed by atoms with Gasteiger partial charge in [-0.3, -0.25) is 4.79 Å². The topological polar surface area (TPSA) is 98.5 Å². The van der Waals surface area contributed by atoms with E-state index in [-0.39, 0.29) is 15.9 Å². The van der Waals surface area contributed by atoms with Crippen molar-refractivity contribution in [2.75, 3.05) is 23.5 Å². The summed E-state index contributed by atoms with van der Waals surface area (Å²) in [6, 6.07) is 18.9. The third-order valence-electron chi connectivity index (χ3n) is 4.63. The maximum atomic E-state index is 12.7. The van der Waals surface area contributed by atoms with Crippen molar-refractivity contribution in [3.63, 3.8) is 0 Å². The summed E-state index contributed by atoms with van der Waals surface area (Å²) in [5.74, 6) is 0.679. The Hall–Kier alpha value is -3.49. The number of nitrogens with one attached hydrogen (secondary N) is 1. The number of benzene rings is 2. The van der Waals surface area contributed by atoms with Gasteiger partial charge in [0.15, 0.2) is 21.7 Å². The number of rotatable bonds is 5. The fraction of sp³-hybridized carbons (Fsp3) is 0.0909. The summed E-state index contributed by atoms with van der Waals surface area (Å²) in [5.41, 5.74) is 1.46. The van der Waals surface area contributed by atoms with Crippen LogP contribution in [-0.2, 0) is 14.4 Å². The fourth-order valence-corrected chi connectivity index (χ4v) is 3.71. The van der Waals surface area contributed by atoms with Crippen molar-refractivity contribution < 1.29 is 13.2 Å². The van der Waals surface area contributed by atoms with Crippen molar-refractivity contribution in [3.8, 4) is 0 Å². The standard InChI is InChI=1S/C22H19N3O4S/c1-25(16-8-4-3-5-9-16)20-14-19(26)18-11-12-23-22(21(18)29-20)24-15-7-6-10-17(13-15)30(2,27)28/h3-14H,1-2H3,(H-,23,24,27,28). The van der Waals surface area contributed by atoms with Crippen LogP contribution < -0.4 is 15.6 Å². The lowest BCUT2D eigenvalue weighted by atomic mass is 10.2. The van der Waals surface area contributed by atoms with E-state index in [4.69, 9.17) is 4.42 Å². The van der Waals surface area contributed by atoms with Crippen LogP contribution in [0.5, 0.6) is 0 Å². The van der Waals surface area contributed by atoms with Crippen molar-refractivity contribution in [2.24, 2.45) is 0 Å². The molecule has 0 fully saturated rings. The Labute approximate surface area is 174 Å². The van der Waals surface area contributed by atoms with Crippen molar-refractivity contribution >= 4 is 44.3 Å². The summed E-state index contributed by atoms with van der Waals surface area (Å²) in [4.78, 5) is 18.9. The summed E-state index contributed by atoms with van der Waals surface area (Å²) in [7, 11) is -1.55. The molecule has 1 unspecified atom stereocenters. The van der Waals surface area contributed by atoms with Crippen LogP contribution in [-0.4, -0.2) is 22.8 Å². The van der Waals surface area contributed by atoms with Gasteiger partial charge in [0, 0.05) is 36.8 Å². The number of anilines is 4. The maximum absolute atomic E-state index is 12.7. The number of nitrogens with zero attached hydrogens (tertiary/aromatic N) is 2. The smallest absolute Gasteiger partial charge is 0.204 e. The van der Waals surface area contributed by atoms with E-state index in [1.807, 2.05) is 30.3 Å². The molecule has 2 aromatic heterocycles. The second-order valence-electron chi connectivity index (χ2n) is 6.80. The first-order chi connectivity index (χ1) is 14.3. The summed E-state index contributed by atoms with van der Waals surface area (Å²) in [5, 5.41) is 3.44. The number of sulfone groups is 1. The molecule has 1 N–H and O–H groups in total. The molecule has 30 heavy (non-hydrogen) atoms. The lowest BCUT2D eigenvalue weighted by Crippen LogP contribution is -2.13. The molecule has 0 aliphatic rings. The monoisotopic (exact) mass is 421 g/mol. The first-order valence-corrected chi connectivity index (χ1v) is 11.0. The Kier molecular flexibility index (Phi) is 5.11. The fourth-order valence-electron chi connectivity index (χ4n) is 3.04. The van der Waals surface area contributed by atoms with Gasteiger partial charge in [0.2, 0.25) is 5.88 Å². The molecule has 0 amide bonds. The van der Waals surface area contributed by atoms with Crippen LogP contribution in [0.25, 0.3) is 11.0 Å². The highest BCUT2D eigenvalue weighted by Crippen LogP contribution is 2.29. The number of fused-ring (bicyclic) bond motifs is 1. The molecule has 0 spiro atoms. The first-order valence-electron chi connectivity index (χ1n) is 9.12. The highest BCUT2D eigenvalue weighted by atomic mass is 32.3. The Balaban J connectivity index is 1.79. The minimum absolute atomic E-state index is 0.179. The number of aromatic nitrogens is 1. The first kappa shape index (κ1) is 19.8. The van der Waals surface area contributed by atoms with Gasteiger partial charge < -0.3 is 19.2 Å². The molecule has 1 atom stereocenters. The third kappa shape index (κ3) is 3.96. The molecule has 4 rings (SSSR count). The lowest BCUT2D eigenvalue weighted by Gasteiger charge is -2.18. The quantitative estimate of drug-likeness (QED) is 0.479. The zero-order valence-electron chi connectivity index (χ0n) is 16.4. The lowest BCUT2D eigenvalue weighted by molar-refractivity contribution is 0.484.